The molecule has 0 radical (unpaired) electrons. The Kier molecular flexibility index (Phi) is 3.63. The number of aryl methyl sites for hydroxylation is 1. The lowest BCUT2D eigenvalue weighted by atomic mass is 9.77. The Morgan fingerprint density at radius 3 is 2.70 bits per heavy atom. The highest BCUT2D eigenvalue weighted by Crippen LogP contribution is 2.42. The van der Waals surface area contributed by atoms with Gasteiger partial charge in [0.15, 0.2) is 5.69 Å². The van der Waals surface area contributed by atoms with Crippen LogP contribution in [-0.4, -0.2) is 51.1 Å². The summed E-state index contributed by atoms with van der Waals surface area (Å²) in [6.07, 6.45) is 6.61. The predicted octanol–water partition coefficient (Wildman–Crippen LogP) is 2.81. The topological polar surface area (TPSA) is 75.4 Å². The number of aromatic nitrogens is 3. The van der Waals surface area contributed by atoms with E-state index in [-0.39, 0.29) is 11.4 Å². The molecule has 1 atom stereocenters. The van der Waals surface area contributed by atoms with Crippen LogP contribution < -0.4 is 4.90 Å². The summed E-state index contributed by atoms with van der Waals surface area (Å²) in [5.41, 5.74) is 3.36. The van der Waals surface area contributed by atoms with Gasteiger partial charge in [-0.15, -0.1) is 0 Å². The van der Waals surface area contributed by atoms with E-state index in [9.17, 15) is 4.79 Å². The number of anilines is 1. The lowest BCUT2D eigenvalue weighted by Gasteiger charge is -2.58. The third-order valence-electron chi connectivity index (χ3n) is 5.83. The van der Waals surface area contributed by atoms with Gasteiger partial charge in [-0.3, -0.25) is 14.8 Å². The fourth-order valence-electron chi connectivity index (χ4n) is 4.40. The largest absolute Gasteiger partial charge is 0.364 e. The summed E-state index contributed by atoms with van der Waals surface area (Å²) in [4.78, 5) is 26.0. The summed E-state index contributed by atoms with van der Waals surface area (Å²) in [6.45, 7) is 4.29. The van der Waals surface area contributed by atoms with E-state index in [1.54, 1.807) is 25.4 Å². The molecule has 2 saturated heterocycles. The van der Waals surface area contributed by atoms with Gasteiger partial charge in [0.2, 0.25) is 0 Å². The van der Waals surface area contributed by atoms with Crippen molar-refractivity contribution in [1.29, 1.82) is 0 Å². The Labute approximate surface area is 157 Å². The molecule has 2 aliphatic heterocycles. The number of nitrogens with zero attached hydrogens (tertiary/aromatic N) is 5. The first kappa shape index (κ1) is 16.2. The molecule has 1 amide bonds. The molecule has 4 heterocycles. The van der Waals surface area contributed by atoms with E-state index in [0.717, 1.165) is 55.6 Å². The van der Waals surface area contributed by atoms with Gasteiger partial charge in [-0.2, -0.15) is 0 Å². The minimum atomic E-state index is -0.0397. The summed E-state index contributed by atoms with van der Waals surface area (Å²) in [6, 6.07) is 7.95. The van der Waals surface area contributed by atoms with Crippen LogP contribution in [0.4, 0.5) is 5.69 Å². The summed E-state index contributed by atoms with van der Waals surface area (Å²) >= 11 is 0. The first-order valence-electron chi connectivity index (χ1n) is 9.36. The van der Waals surface area contributed by atoms with E-state index < -0.39 is 0 Å². The molecule has 0 unspecified atom stereocenters. The van der Waals surface area contributed by atoms with Crippen molar-refractivity contribution in [1.82, 2.24) is 20.0 Å². The molecule has 2 fully saturated rings. The van der Waals surface area contributed by atoms with Crippen molar-refractivity contribution in [2.75, 3.05) is 24.5 Å². The first-order valence-corrected chi connectivity index (χ1v) is 9.36. The fraction of sp³-hybridized carbons (Fsp3) is 0.400. The lowest BCUT2D eigenvalue weighted by Crippen LogP contribution is -2.68. The molecule has 0 N–H and O–H groups in total. The van der Waals surface area contributed by atoms with Gasteiger partial charge in [0.05, 0.1) is 16.6 Å². The van der Waals surface area contributed by atoms with Crippen molar-refractivity contribution in [3.63, 3.8) is 0 Å². The van der Waals surface area contributed by atoms with Crippen molar-refractivity contribution in [3.05, 3.63) is 48.1 Å². The van der Waals surface area contributed by atoms with Gasteiger partial charge >= 0.3 is 0 Å². The van der Waals surface area contributed by atoms with Crippen LogP contribution in [0.3, 0.4) is 0 Å². The van der Waals surface area contributed by atoms with Gasteiger partial charge in [0.25, 0.3) is 5.91 Å². The predicted molar refractivity (Wildman–Crippen MR) is 101 cm³/mol. The third kappa shape index (κ3) is 2.65. The zero-order valence-electron chi connectivity index (χ0n) is 15.3. The molecule has 0 saturated carbocycles. The SMILES string of the molecule is Cc1cc(C(=O)N2CCC[C@]3(CCN3c3ccc4nccnc4c3)C2)no1. The molecule has 7 nitrogen and oxygen atoms in total. The summed E-state index contributed by atoms with van der Waals surface area (Å²) in [5, 5.41) is 3.90. The second-order valence-electron chi connectivity index (χ2n) is 7.51. The standard InChI is InChI=1S/C20H21N5O2/c1-14-11-18(23-27-14)19(26)24-9-2-5-20(13-24)6-10-25(20)15-3-4-16-17(12-15)22-8-7-21-16/h3-4,7-8,11-12H,2,5-6,9-10,13H2,1H3/t20-/m0/s1. The maximum absolute atomic E-state index is 12.8. The van der Waals surface area contributed by atoms with Crippen LogP contribution in [0.25, 0.3) is 11.0 Å². The monoisotopic (exact) mass is 363 g/mol. The smallest absolute Gasteiger partial charge is 0.276 e. The number of benzene rings is 1. The average molecular weight is 363 g/mol. The summed E-state index contributed by atoms with van der Waals surface area (Å²) in [7, 11) is 0. The van der Waals surface area contributed by atoms with Gasteiger partial charge in [-0.1, -0.05) is 5.16 Å². The normalized spacial score (nSPS) is 22.3. The second kappa shape index (κ2) is 6.04. The van der Waals surface area contributed by atoms with Crippen LogP contribution in [0.2, 0.25) is 0 Å². The highest BCUT2D eigenvalue weighted by atomic mass is 16.5. The molecule has 2 aromatic heterocycles. The lowest BCUT2D eigenvalue weighted by molar-refractivity contribution is 0.0554. The van der Waals surface area contributed by atoms with Crippen molar-refractivity contribution in [2.24, 2.45) is 0 Å². The molecular formula is C20H21N5O2. The maximum atomic E-state index is 12.8. The number of amides is 1. The summed E-state index contributed by atoms with van der Waals surface area (Å²) < 4.78 is 5.08. The van der Waals surface area contributed by atoms with Crippen LogP contribution >= 0.6 is 0 Å². The van der Waals surface area contributed by atoms with Gasteiger partial charge in [-0.05, 0) is 44.4 Å². The first-order chi connectivity index (χ1) is 13.1. The van der Waals surface area contributed by atoms with Crippen molar-refractivity contribution >= 4 is 22.6 Å². The molecule has 0 bridgehead atoms. The molecule has 1 aromatic carbocycles. The number of carbonyl (C=O) groups excluding carboxylic acids is 1. The van der Waals surface area contributed by atoms with Gasteiger partial charge < -0.3 is 14.3 Å². The van der Waals surface area contributed by atoms with Crippen LogP contribution in [-0.2, 0) is 0 Å². The van der Waals surface area contributed by atoms with E-state index in [1.165, 1.54) is 0 Å². The quantitative estimate of drug-likeness (QED) is 0.697. The Balaban J connectivity index is 1.40. The Hall–Kier alpha value is -2.96. The third-order valence-corrected chi connectivity index (χ3v) is 5.83. The number of likely N-dealkylation sites (tertiary alicyclic amines) is 1. The van der Waals surface area contributed by atoms with Crippen molar-refractivity contribution < 1.29 is 9.32 Å². The van der Waals surface area contributed by atoms with E-state index >= 15 is 0 Å². The maximum Gasteiger partial charge on any atom is 0.276 e. The van der Waals surface area contributed by atoms with Crippen LogP contribution in [0.1, 0.15) is 35.5 Å². The fourth-order valence-corrected chi connectivity index (χ4v) is 4.40. The molecule has 1 spiro atoms. The van der Waals surface area contributed by atoms with Crippen LogP contribution in [0.5, 0.6) is 0 Å². The molecule has 7 heteroatoms. The summed E-state index contributed by atoms with van der Waals surface area (Å²) in [5.74, 6) is 0.620. The molecule has 3 aromatic rings. The van der Waals surface area contributed by atoms with E-state index in [0.29, 0.717) is 11.5 Å². The minimum absolute atomic E-state index is 0.00256. The zero-order valence-corrected chi connectivity index (χ0v) is 15.3. The number of carbonyl (C=O) groups is 1. The van der Waals surface area contributed by atoms with Crippen LogP contribution in [0.15, 0.2) is 41.2 Å². The van der Waals surface area contributed by atoms with E-state index in [1.807, 2.05) is 11.0 Å². The second-order valence-corrected chi connectivity index (χ2v) is 7.51. The number of fused-ring (bicyclic) bond motifs is 1. The number of hydrogen-bond acceptors (Lipinski definition) is 6. The van der Waals surface area contributed by atoms with E-state index in [4.69, 9.17) is 4.52 Å². The van der Waals surface area contributed by atoms with Crippen molar-refractivity contribution in [2.45, 2.75) is 31.7 Å². The minimum Gasteiger partial charge on any atom is -0.364 e. The molecular weight excluding hydrogens is 342 g/mol. The highest BCUT2D eigenvalue weighted by molar-refractivity contribution is 5.92. The van der Waals surface area contributed by atoms with E-state index in [2.05, 4.69) is 32.2 Å². The Morgan fingerprint density at radius 1 is 1.11 bits per heavy atom. The van der Waals surface area contributed by atoms with Gasteiger partial charge in [-0.25, -0.2) is 0 Å². The van der Waals surface area contributed by atoms with Crippen molar-refractivity contribution in [3.8, 4) is 0 Å². The zero-order chi connectivity index (χ0) is 18.4. The number of rotatable bonds is 2. The molecule has 5 rings (SSSR count). The molecule has 2 aliphatic rings. The van der Waals surface area contributed by atoms with Crippen LogP contribution in [0, 0.1) is 6.92 Å². The Morgan fingerprint density at radius 2 is 1.96 bits per heavy atom. The molecule has 138 valence electrons. The average Bonchev–Trinajstić information content (AvgIpc) is 3.13. The number of piperidine rings is 1. The van der Waals surface area contributed by atoms with Gasteiger partial charge in [0, 0.05) is 43.8 Å². The molecule has 0 aliphatic carbocycles. The highest BCUT2D eigenvalue weighted by Gasteiger charge is 2.48. The Bertz CT molecular complexity index is 1020. The van der Waals surface area contributed by atoms with Gasteiger partial charge in [0.1, 0.15) is 5.76 Å². The molecule has 27 heavy (non-hydrogen) atoms. The number of hydrogen-bond donors (Lipinski definition) is 0.